The Kier molecular flexibility index (Phi) is 5.02. The second-order valence-electron chi connectivity index (χ2n) is 5.69. The van der Waals surface area contributed by atoms with E-state index in [9.17, 15) is 9.59 Å². The van der Waals surface area contributed by atoms with Gasteiger partial charge >= 0.3 is 0 Å². The highest BCUT2D eigenvalue weighted by Gasteiger charge is 2.25. The molecule has 1 aliphatic heterocycles. The van der Waals surface area contributed by atoms with E-state index in [2.05, 4.69) is 10.3 Å². The lowest BCUT2D eigenvalue weighted by molar-refractivity contribution is -0.131. The number of pyridine rings is 1. The van der Waals surface area contributed by atoms with Gasteiger partial charge in [0.1, 0.15) is 0 Å². The van der Waals surface area contributed by atoms with Crippen LogP contribution in [0.1, 0.15) is 23.3 Å². The van der Waals surface area contributed by atoms with Crippen molar-refractivity contribution in [2.75, 3.05) is 6.54 Å². The number of nitrogens with zero attached hydrogens (tertiary/aromatic N) is 2. The molecule has 6 heteroatoms. The van der Waals surface area contributed by atoms with Gasteiger partial charge in [0, 0.05) is 42.8 Å². The third-order valence-electron chi connectivity index (χ3n) is 3.91. The van der Waals surface area contributed by atoms with Crippen molar-refractivity contribution in [3.63, 3.8) is 0 Å². The monoisotopic (exact) mass is 329 g/mol. The normalized spacial score (nSPS) is 17.0. The second kappa shape index (κ2) is 7.37. The number of aromatic nitrogens is 1. The number of rotatable bonds is 6. The van der Waals surface area contributed by atoms with Crippen LogP contribution in [0.25, 0.3) is 0 Å². The van der Waals surface area contributed by atoms with Crippen LogP contribution in [0, 0.1) is 0 Å². The molecule has 1 atom stereocenters. The molecule has 1 fully saturated rings. The van der Waals surface area contributed by atoms with Gasteiger partial charge in [-0.25, -0.2) is 0 Å². The number of thiophene rings is 1. The average Bonchev–Trinajstić information content (AvgIpc) is 3.19. The molecule has 0 saturated carbocycles. The Hall–Kier alpha value is -2.21. The maximum Gasteiger partial charge on any atom is 0.228 e. The van der Waals surface area contributed by atoms with Crippen molar-refractivity contribution in [3.05, 3.63) is 52.5 Å². The van der Waals surface area contributed by atoms with Crippen molar-refractivity contribution in [1.82, 2.24) is 15.2 Å². The molecule has 2 aromatic rings. The Bertz CT molecular complexity index is 658. The van der Waals surface area contributed by atoms with Gasteiger partial charge in [0.2, 0.25) is 11.8 Å². The lowest BCUT2D eigenvalue weighted by Crippen LogP contribution is -2.42. The third kappa shape index (κ3) is 4.39. The molecule has 1 saturated heterocycles. The fourth-order valence-electron chi connectivity index (χ4n) is 2.72. The van der Waals surface area contributed by atoms with Gasteiger partial charge in [-0.1, -0.05) is 6.07 Å². The van der Waals surface area contributed by atoms with Gasteiger partial charge in [-0.05, 0) is 35.6 Å². The summed E-state index contributed by atoms with van der Waals surface area (Å²) in [7, 11) is 0. The lowest BCUT2D eigenvalue weighted by atomic mass is 10.1. The lowest BCUT2D eigenvalue weighted by Gasteiger charge is -2.26. The minimum Gasteiger partial charge on any atom is -0.352 e. The predicted molar refractivity (Wildman–Crippen MR) is 88.8 cm³/mol. The van der Waals surface area contributed by atoms with Gasteiger partial charge in [0.05, 0.1) is 6.42 Å². The molecular formula is C17H19N3O2S. The Morgan fingerprint density at radius 2 is 2.17 bits per heavy atom. The van der Waals surface area contributed by atoms with E-state index in [-0.39, 0.29) is 17.9 Å². The molecule has 23 heavy (non-hydrogen) atoms. The number of nitrogens with one attached hydrogen (secondary N) is 1. The minimum absolute atomic E-state index is 0.0524. The fraction of sp³-hybridized carbons (Fsp3) is 0.353. The molecule has 0 spiro atoms. The summed E-state index contributed by atoms with van der Waals surface area (Å²) in [5, 5.41) is 4.92. The summed E-state index contributed by atoms with van der Waals surface area (Å²) in [6, 6.07) is 7.82. The summed E-state index contributed by atoms with van der Waals surface area (Å²) in [6.45, 7) is 1.09. The first-order valence-electron chi connectivity index (χ1n) is 7.69. The van der Waals surface area contributed by atoms with Crippen LogP contribution < -0.4 is 5.32 Å². The van der Waals surface area contributed by atoms with E-state index in [1.54, 1.807) is 23.7 Å². The summed E-state index contributed by atoms with van der Waals surface area (Å²) >= 11 is 1.59. The van der Waals surface area contributed by atoms with Gasteiger partial charge < -0.3 is 10.2 Å². The zero-order valence-electron chi connectivity index (χ0n) is 12.8. The van der Waals surface area contributed by atoms with Crippen LogP contribution in [-0.2, 0) is 22.6 Å². The molecule has 120 valence electrons. The first-order chi connectivity index (χ1) is 11.2. The standard InChI is InChI=1S/C17H19N3O2S/c21-16-4-3-14(19-16)12-20(11-13-5-7-18-8-6-13)17(22)10-15-2-1-9-23-15/h1-2,5-9,14H,3-4,10-12H2,(H,19,21)/t14-/m0/s1. The number of carbonyl (C=O) groups is 2. The topological polar surface area (TPSA) is 62.3 Å². The van der Waals surface area contributed by atoms with Crippen molar-refractivity contribution < 1.29 is 9.59 Å². The van der Waals surface area contributed by atoms with E-state index in [0.29, 0.717) is 25.9 Å². The minimum atomic E-state index is 0.0524. The largest absolute Gasteiger partial charge is 0.352 e. The fourth-order valence-corrected chi connectivity index (χ4v) is 3.41. The van der Waals surface area contributed by atoms with Crippen LogP contribution in [0.2, 0.25) is 0 Å². The van der Waals surface area contributed by atoms with Crippen LogP contribution in [0.4, 0.5) is 0 Å². The van der Waals surface area contributed by atoms with Crippen molar-refractivity contribution >= 4 is 23.2 Å². The first kappa shape index (κ1) is 15.7. The number of carbonyl (C=O) groups excluding carboxylic acids is 2. The highest BCUT2D eigenvalue weighted by atomic mass is 32.1. The molecular weight excluding hydrogens is 310 g/mol. The quantitative estimate of drug-likeness (QED) is 0.881. The summed E-state index contributed by atoms with van der Waals surface area (Å²) in [5.41, 5.74) is 1.05. The molecule has 3 heterocycles. The summed E-state index contributed by atoms with van der Waals surface area (Å²) in [5.74, 6) is 0.162. The first-order valence-corrected chi connectivity index (χ1v) is 8.57. The van der Waals surface area contributed by atoms with Crippen molar-refractivity contribution in [2.45, 2.75) is 31.8 Å². The van der Waals surface area contributed by atoms with E-state index in [0.717, 1.165) is 16.9 Å². The van der Waals surface area contributed by atoms with Crippen LogP contribution >= 0.6 is 11.3 Å². The summed E-state index contributed by atoms with van der Waals surface area (Å²) in [4.78, 5) is 31.0. The zero-order chi connectivity index (χ0) is 16.1. The number of amides is 2. The Morgan fingerprint density at radius 3 is 2.83 bits per heavy atom. The van der Waals surface area contributed by atoms with E-state index >= 15 is 0 Å². The molecule has 3 rings (SSSR count). The van der Waals surface area contributed by atoms with Crippen LogP contribution in [0.15, 0.2) is 42.0 Å². The SMILES string of the molecule is O=C1CC[C@@H](CN(Cc2ccncc2)C(=O)Cc2cccs2)N1. The molecule has 0 aliphatic carbocycles. The second-order valence-corrected chi connectivity index (χ2v) is 6.72. The van der Waals surface area contributed by atoms with E-state index in [1.165, 1.54) is 0 Å². The molecule has 0 bridgehead atoms. The Labute approximate surface area is 139 Å². The molecule has 1 N–H and O–H groups in total. The van der Waals surface area contributed by atoms with Crippen LogP contribution in [0.5, 0.6) is 0 Å². The van der Waals surface area contributed by atoms with E-state index in [4.69, 9.17) is 0 Å². The van der Waals surface area contributed by atoms with Crippen molar-refractivity contribution in [2.24, 2.45) is 0 Å². The van der Waals surface area contributed by atoms with Gasteiger partial charge in [-0.3, -0.25) is 14.6 Å². The molecule has 0 radical (unpaired) electrons. The summed E-state index contributed by atoms with van der Waals surface area (Å²) < 4.78 is 0. The van der Waals surface area contributed by atoms with Gasteiger partial charge in [-0.15, -0.1) is 11.3 Å². The molecule has 0 aromatic carbocycles. The summed E-state index contributed by atoms with van der Waals surface area (Å²) in [6.07, 6.45) is 5.21. The number of hydrogen-bond acceptors (Lipinski definition) is 4. The maximum absolute atomic E-state index is 12.7. The smallest absolute Gasteiger partial charge is 0.228 e. The third-order valence-corrected chi connectivity index (χ3v) is 4.78. The maximum atomic E-state index is 12.7. The molecule has 0 unspecified atom stereocenters. The van der Waals surface area contributed by atoms with E-state index < -0.39 is 0 Å². The van der Waals surface area contributed by atoms with Crippen LogP contribution in [-0.4, -0.2) is 34.3 Å². The number of hydrogen-bond donors (Lipinski definition) is 1. The average molecular weight is 329 g/mol. The molecule has 1 aliphatic rings. The highest BCUT2D eigenvalue weighted by Crippen LogP contribution is 2.15. The highest BCUT2D eigenvalue weighted by molar-refractivity contribution is 7.10. The van der Waals surface area contributed by atoms with Gasteiger partial charge in [0.15, 0.2) is 0 Å². The Morgan fingerprint density at radius 1 is 1.35 bits per heavy atom. The molecule has 2 amide bonds. The van der Waals surface area contributed by atoms with Gasteiger partial charge in [0.25, 0.3) is 0 Å². The Balaban J connectivity index is 1.69. The predicted octanol–water partition coefficient (Wildman–Crippen LogP) is 1.99. The van der Waals surface area contributed by atoms with Crippen molar-refractivity contribution in [3.8, 4) is 0 Å². The van der Waals surface area contributed by atoms with Crippen molar-refractivity contribution in [1.29, 1.82) is 0 Å². The van der Waals surface area contributed by atoms with Crippen LogP contribution in [0.3, 0.4) is 0 Å². The van der Waals surface area contributed by atoms with E-state index in [1.807, 2.05) is 34.5 Å². The zero-order valence-corrected chi connectivity index (χ0v) is 13.6. The van der Waals surface area contributed by atoms with Gasteiger partial charge in [-0.2, -0.15) is 0 Å². The molecule has 2 aromatic heterocycles. The molecule has 5 nitrogen and oxygen atoms in total.